The lowest BCUT2D eigenvalue weighted by atomic mass is 9.82. The van der Waals surface area contributed by atoms with Crippen LogP contribution in [0.2, 0.25) is 0 Å². The van der Waals surface area contributed by atoms with Crippen LogP contribution in [0.3, 0.4) is 0 Å². The number of aromatic hydroxyl groups is 1. The molecule has 1 saturated heterocycles. The fraction of sp³-hybridized carbons (Fsp3) is 0.536. The lowest BCUT2D eigenvalue weighted by Crippen LogP contribution is -2.39. The van der Waals surface area contributed by atoms with E-state index in [0.29, 0.717) is 24.5 Å². The quantitative estimate of drug-likeness (QED) is 0.506. The minimum atomic E-state index is -0.259. The summed E-state index contributed by atoms with van der Waals surface area (Å²) in [5, 5.41) is 13.3. The number of amides is 1. The van der Waals surface area contributed by atoms with Crippen LogP contribution in [0.4, 0.5) is 5.82 Å². The molecule has 4 rings (SSSR count). The predicted molar refractivity (Wildman–Crippen MR) is 137 cm³/mol. The van der Waals surface area contributed by atoms with Crippen LogP contribution in [0.25, 0.3) is 0 Å². The Bertz CT molecular complexity index is 1070. The molecule has 194 valence electrons. The van der Waals surface area contributed by atoms with E-state index >= 15 is 0 Å². The SMILES string of the molecule is COC(=O)CC(CC1CCN(C(=O)CCc2ccc3c(n2)NCCC3)CC1)c1ccc(O)c(OC)c1. The van der Waals surface area contributed by atoms with Gasteiger partial charge in [-0.25, -0.2) is 4.98 Å². The van der Waals surface area contributed by atoms with Gasteiger partial charge in [0.05, 0.1) is 20.6 Å². The summed E-state index contributed by atoms with van der Waals surface area (Å²) in [6.45, 7) is 2.41. The van der Waals surface area contributed by atoms with Crippen LogP contribution in [0.5, 0.6) is 11.5 Å². The fourth-order valence-corrected chi connectivity index (χ4v) is 5.29. The van der Waals surface area contributed by atoms with Crippen LogP contribution in [-0.4, -0.2) is 60.7 Å². The molecule has 3 heterocycles. The molecule has 2 N–H and O–H groups in total. The Balaban J connectivity index is 1.30. The Morgan fingerprint density at radius 2 is 2.00 bits per heavy atom. The lowest BCUT2D eigenvalue weighted by molar-refractivity contribution is -0.141. The first-order valence-electron chi connectivity index (χ1n) is 12.9. The molecule has 1 fully saturated rings. The van der Waals surface area contributed by atoms with Gasteiger partial charge in [0.1, 0.15) is 5.82 Å². The number of benzene rings is 1. The number of nitrogens with one attached hydrogen (secondary N) is 1. The summed E-state index contributed by atoms with van der Waals surface area (Å²) >= 11 is 0. The lowest BCUT2D eigenvalue weighted by Gasteiger charge is -2.34. The number of fused-ring (bicyclic) bond motifs is 1. The van der Waals surface area contributed by atoms with Crippen molar-refractivity contribution < 1.29 is 24.2 Å². The van der Waals surface area contributed by atoms with Gasteiger partial charge < -0.3 is 24.8 Å². The van der Waals surface area contributed by atoms with Crippen LogP contribution < -0.4 is 10.1 Å². The zero-order valence-corrected chi connectivity index (χ0v) is 21.3. The van der Waals surface area contributed by atoms with E-state index in [1.165, 1.54) is 19.8 Å². The highest BCUT2D eigenvalue weighted by Gasteiger charge is 2.27. The van der Waals surface area contributed by atoms with Gasteiger partial charge in [-0.1, -0.05) is 12.1 Å². The largest absolute Gasteiger partial charge is 0.504 e. The number of anilines is 1. The van der Waals surface area contributed by atoms with E-state index in [9.17, 15) is 14.7 Å². The van der Waals surface area contributed by atoms with E-state index in [1.807, 2.05) is 17.0 Å². The Morgan fingerprint density at radius 3 is 2.75 bits per heavy atom. The van der Waals surface area contributed by atoms with Crippen molar-refractivity contribution in [3.05, 3.63) is 47.2 Å². The zero-order chi connectivity index (χ0) is 25.5. The zero-order valence-electron chi connectivity index (χ0n) is 21.3. The number of esters is 1. The number of rotatable bonds is 9. The number of piperidine rings is 1. The van der Waals surface area contributed by atoms with Crippen molar-refractivity contribution in [2.45, 2.75) is 57.3 Å². The molecule has 1 atom stereocenters. The highest BCUT2D eigenvalue weighted by Crippen LogP contribution is 2.36. The van der Waals surface area contributed by atoms with Gasteiger partial charge >= 0.3 is 5.97 Å². The van der Waals surface area contributed by atoms with Crippen molar-refractivity contribution in [2.75, 3.05) is 39.2 Å². The minimum absolute atomic E-state index is 0.0390. The third-order valence-electron chi connectivity index (χ3n) is 7.45. The number of aromatic nitrogens is 1. The first-order valence-corrected chi connectivity index (χ1v) is 12.9. The normalized spacial score (nSPS) is 16.6. The number of ether oxygens (including phenoxy) is 2. The molecule has 2 aliphatic rings. The predicted octanol–water partition coefficient (Wildman–Crippen LogP) is 4.06. The summed E-state index contributed by atoms with van der Waals surface area (Å²) in [5.74, 6) is 1.72. The molecule has 0 radical (unpaired) electrons. The smallest absolute Gasteiger partial charge is 0.306 e. The number of phenolic OH excluding ortho intramolecular Hbond substituents is 1. The first kappa shape index (κ1) is 25.8. The van der Waals surface area contributed by atoms with Gasteiger partial charge in [0.2, 0.25) is 5.91 Å². The maximum atomic E-state index is 12.9. The van der Waals surface area contributed by atoms with E-state index in [1.54, 1.807) is 12.1 Å². The average Bonchev–Trinajstić information content (AvgIpc) is 2.91. The van der Waals surface area contributed by atoms with Crippen LogP contribution >= 0.6 is 0 Å². The molecule has 8 nitrogen and oxygen atoms in total. The average molecular weight is 496 g/mol. The van der Waals surface area contributed by atoms with Gasteiger partial charge in [0.15, 0.2) is 11.5 Å². The molecule has 1 aromatic heterocycles. The third-order valence-corrected chi connectivity index (χ3v) is 7.45. The highest BCUT2D eigenvalue weighted by molar-refractivity contribution is 5.76. The Morgan fingerprint density at radius 1 is 1.19 bits per heavy atom. The molecule has 0 aliphatic carbocycles. The third kappa shape index (κ3) is 6.47. The highest BCUT2D eigenvalue weighted by atomic mass is 16.5. The maximum absolute atomic E-state index is 12.9. The second-order valence-corrected chi connectivity index (χ2v) is 9.81. The number of hydrogen-bond acceptors (Lipinski definition) is 7. The van der Waals surface area contributed by atoms with Gasteiger partial charge in [0.25, 0.3) is 0 Å². The Hall–Kier alpha value is -3.29. The number of carbonyl (C=O) groups is 2. The summed E-state index contributed by atoms with van der Waals surface area (Å²) in [6, 6.07) is 9.42. The van der Waals surface area contributed by atoms with Crippen molar-refractivity contribution in [3.8, 4) is 11.5 Å². The van der Waals surface area contributed by atoms with Crippen molar-refractivity contribution in [2.24, 2.45) is 5.92 Å². The number of pyridine rings is 1. The molecular weight excluding hydrogens is 458 g/mol. The van der Waals surface area contributed by atoms with Gasteiger partial charge in [-0.3, -0.25) is 9.59 Å². The fourth-order valence-electron chi connectivity index (χ4n) is 5.29. The molecule has 0 saturated carbocycles. The van der Waals surface area contributed by atoms with Crippen molar-refractivity contribution in [1.82, 2.24) is 9.88 Å². The van der Waals surface area contributed by atoms with E-state index in [0.717, 1.165) is 68.8 Å². The number of likely N-dealkylation sites (tertiary alicyclic amines) is 1. The number of methoxy groups -OCH3 is 2. The topological polar surface area (TPSA) is 101 Å². The van der Waals surface area contributed by atoms with Gasteiger partial charge in [-0.2, -0.15) is 0 Å². The van der Waals surface area contributed by atoms with Crippen molar-refractivity contribution in [1.29, 1.82) is 0 Å². The number of carbonyl (C=O) groups excluding carboxylic acids is 2. The molecule has 0 bridgehead atoms. The van der Waals surface area contributed by atoms with Crippen molar-refractivity contribution in [3.63, 3.8) is 0 Å². The van der Waals surface area contributed by atoms with Gasteiger partial charge in [-0.15, -0.1) is 0 Å². The second-order valence-electron chi connectivity index (χ2n) is 9.81. The molecule has 2 aliphatic heterocycles. The number of aryl methyl sites for hydroxylation is 2. The monoisotopic (exact) mass is 495 g/mol. The van der Waals surface area contributed by atoms with E-state index in [4.69, 9.17) is 14.5 Å². The molecule has 36 heavy (non-hydrogen) atoms. The summed E-state index contributed by atoms with van der Waals surface area (Å²) in [5.41, 5.74) is 3.16. The molecule has 1 aromatic carbocycles. The molecular formula is C28H37N3O5. The number of nitrogens with zero attached hydrogens (tertiary/aromatic N) is 2. The van der Waals surface area contributed by atoms with Gasteiger partial charge in [0, 0.05) is 31.7 Å². The number of hydrogen-bond donors (Lipinski definition) is 2. The molecule has 2 aromatic rings. The van der Waals surface area contributed by atoms with E-state index in [2.05, 4.69) is 11.4 Å². The summed E-state index contributed by atoms with van der Waals surface area (Å²) in [6.07, 6.45) is 6.20. The summed E-state index contributed by atoms with van der Waals surface area (Å²) < 4.78 is 10.2. The number of phenols is 1. The second kappa shape index (κ2) is 12.1. The molecule has 1 unspecified atom stereocenters. The van der Waals surface area contributed by atoms with Crippen LogP contribution in [0.15, 0.2) is 30.3 Å². The van der Waals surface area contributed by atoms with Crippen LogP contribution in [0.1, 0.15) is 61.3 Å². The summed E-state index contributed by atoms with van der Waals surface area (Å²) in [4.78, 5) is 31.7. The van der Waals surface area contributed by atoms with Crippen LogP contribution in [-0.2, 0) is 27.2 Å². The van der Waals surface area contributed by atoms with Crippen LogP contribution in [0, 0.1) is 5.92 Å². The maximum Gasteiger partial charge on any atom is 0.306 e. The molecule has 1 amide bonds. The van der Waals surface area contributed by atoms with E-state index < -0.39 is 0 Å². The summed E-state index contributed by atoms with van der Waals surface area (Å²) in [7, 11) is 2.91. The Labute approximate surface area is 213 Å². The minimum Gasteiger partial charge on any atom is -0.504 e. The molecule has 8 heteroatoms. The van der Waals surface area contributed by atoms with E-state index in [-0.39, 0.29) is 30.0 Å². The first-order chi connectivity index (χ1) is 17.5. The van der Waals surface area contributed by atoms with Crippen molar-refractivity contribution >= 4 is 17.7 Å². The van der Waals surface area contributed by atoms with Gasteiger partial charge in [-0.05, 0) is 79.7 Å². The molecule has 0 spiro atoms. The Kier molecular flexibility index (Phi) is 8.67. The standard InChI is InChI=1S/C28H37N3O5/c1-35-25-17-21(6-9-24(25)32)22(18-27(34)36-2)16-19-11-14-31(15-12-19)26(33)10-8-23-7-5-20-4-3-13-29-28(20)30-23/h5-7,9,17,19,22,32H,3-4,8,10-16,18H2,1-2H3,(H,29,30).